The molecule has 7 heteroatoms. The van der Waals surface area contributed by atoms with Crippen molar-refractivity contribution in [1.82, 2.24) is 15.5 Å². The molecule has 0 aliphatic rings. The largest absolute Gasteiger partial charge is 0.338 e. The third-order valence-electron chi connectivity index (χ3n) is 3.57. The molecule has 0 fully saturated rings. The van der Waals surface area contributed by atoms with E-state index >= 15 is 0 Å². The summed E-state index contributed by atoms with van der Waals surface area (Å²) in [6, 6.07) is 12.0. The first-order valence-corrected chi connectivity index (χ1v) is 8.06. The molecule has 1 aromatic heterocycles. The van der Waals surface area contributed by atoms with Gasteiger partial charge in [-0.2, -0.15) is 4.98 Å². The molecule has 3 aromatic rings. The van der Waals surface area contributed by atoms with E-state index in [0.29, 0.717) is 28.8 Å². The molecule has 0 saturated carbocycles. The van der Waals surface area contributed by atoms with E-state index in [-0.39, 0.29) is 11.1 Å². The number of nitrogens with zero attached hydrogens (tertiary/aromatic N) is 2. The summed E-state index contributed by atoms with van der Waals surface area (Å²) in [5.41, 5.74) is 1.49. The molecule has 1 N–H and O–H groups in total. The zero-order valence-corrected chi connectivity index (χ0v) is 14.3. The van der Waals surface area contributed by atoms with Gasteiger partial charge in [-0.3, -0.25) is 0 Å². The summed E-state index contributed by atoms with van der Waals surface area (Å²) in [6.07, 6.45) is 0. The summed E-state index contributed by atoms with van der Waals surface area (Å²) < 4.78 is 18.8. The molecule has 0 bridgehead atoms. The van der Waals surface area contributed by atoms with Crippen LogP contribution in [0.4, 0.5) is 4.39 Å². The zero-order chi connectivity index (χ0) is 17.1. The minimum Gasteiger partial charge on any atom is -0.338 e. The van der Waals surface area contributed by atoms with Crippen LogP contribution in [0.2, 0.25) is 10.0 Å². The van der Waals surface area contributed by atoms with Crippen molar-refractivity contribution in [2.75, 3.05) is 0 Å². The Morgan fingerprint density at radius 2 is 1.92 bits per heavy atom. The van der Waals surface area contributed by atoms with E-state index in [4.69, 9.17) is 27.7 Å². The Hall–Kier alpha value is -1.95. The molecule has 3 rings (SSSR count). The van der Waals surface area contributed by atoms with Crippen molar-refractivity contribution in [2.45, 2.75) is 19.5 Å². The van der Waals surface area contributed by atoms with E-state index < -0.39 is 5.82 Å². The minimum atomic E-state index is -0.506. The molecular formula is C17H14Cl2FN3O. The van der Waals surface area contributed by atoms with Gasteiger partial charge in [0, 0.05) is 16.6 Å². The van der Waals surface area contributed by atoms with Gasteiger partial charge in [0.15, 0.2) is 0 Å². The molecule has 1 heterocycles. The average Bonchev–Trinajstić information content (AvgIpc) is 3.06. The van der Waals surface area contributed by atoms with Crippen LogP contribution in [0, 0.1) is 5.82 Å². The fourth-order valence-corrected chi connectivity index (χ4v) is 2.80. The number of halogens is 3. The Morgan fingerprint density at radius 3 is 2.67 bits per heavy atom. The first-order valence-electron chi connectivity index (χ1n) is 7.30. The zero-order valence-electron chi connectivity index (χ0n) is 12.8. The molecule has 0 spiro atoms. The molecule has 0 aliphatic heterocycles. The van der Waals surface area contributed by atoms with Crippen LogP contribution in [0.5, 0.6) is 0 Å². The third-order valence-corrected chi connectivity index (χ3v) is 4.18. The van der Waals surface area contributed by atoms with Gasteiger partial charge in [0.25, 0.3) is 0 Å². The lowest BCUT2D eigenvalue weighted by molar-refractivity contribution is 0.360. The van der Waals surface area contributed by atoms with Crippen LogP contribution in [0.15, 0.2) is 47.0 Å². The summed E-state index contributed by atoms with van der Waals surface area (Å²) in [5.74, 6) is 0.454. The number of hydrogen-bond donors (Lipinski definition) is 1. The van der Waals surface area contributed by atoms with Crippen molar-refractivity contribution in [3.05, 3.63) is 69.8 Å². The standard InChI is InChI=1S/C17H14Cl2FN3O/c1-10(12-7-15(20)14(19)8-13(12)18)21-9-16-22-17(23-24-16)11-5-3-2-4-6-11/h2-8,10,21H,9H2,1H3/t10-/m0/s1. The van der Waals surface area contributed by atoms with Crippen molar-refractivity contribution in [3.63, 3.8) is 0 Å². The smallest absolute Gasteiger partial charge is 0.240 e. The summed E-state index contributed by atoms with van der Waals surface area (Å²) >= 11 is 11.8. The topological polar surface area (TPSA) is 51.0 Å². The van der Waals surface area contributed by atoms with Crippen molar-refractivity contribution in [3.8, 4) is 11.4 Å². The Balaban J connectivity index is 1.68. The van der Waals surface area contributed by atoms with E-state index in [1.807, 2.05) is 37.3 Å². The maximum Gasteiger partial charge on any atom is 0.240 e. The van der Waals surface area contributed by atoms with Crippen molar-refractivity contribution < 1.29 is 8.91 Å². The van der Waals surface area contributed by atoms with Crippen molar-refractivity contribution >= 4 is 23.2 Å². The lowest BCUT2D eigenvalue weighted by atomic mass is 10.1. The van der Waals surface area contributed by atoms with Gasteiger partial charge in [-0.15, -0.1) is 0 Å². The van der Waals surface area contributed by atoms with Gasteiger partial charge >= 0.3 is 0 Å². The highest BCUT2D eigenvalue weighted by molar-refractivity contribution is 6.35. The molecule has 1 atom stereocenters. The van der Waals surface area contributed by atoms with Gasteiger partial charge in [-0.05, 0) is 24.6 Å². The first kappa shape index (κ1) is 16.9. The minimum absolute atomic E-state index is 0.000328. The molecule has 4 nitrogen and oxygen atoms in total. The summed E-state index contributed by atoms with van der Waals surface area (Å²) in [4.78, 5) is 4.33. The van der Waals surface area contributed by atoms with Crippen LogP contribution in [0.1, 0.15) is 24.4 Å². The van der Waals surface area contributed by atoms with Crippen LogP contribution in [-0.4, -0.2) is 10.1 Å². The summed E-state index contributed by atoms with van der Waals surface area (Å²) in [6.45, 7) is 2.20. The van der Waals surface area contributed by atoms with Crippen LogP contribution < -0.4 is 5.32 Å². The SMILES string of the molecule is C[C@H](NCc1nc(-c2ccccc2)no1)c1cc(F)c(Cl)cc1Cl. The fraction of sp³-hybridized carbons (Fsp3) is 0.176. The van der Waals surface area contributed by atoms with E-state index in [9.17, 15) is 4.39 Å². The molecular weight excluding hydrogens is 352 g/mol. The van der Waals surface area contributed by atoms with Crippen LogP contribution in [0.3, 0.4) is 0 Å². The second-order valence-corrected chi connectivity index (χ2v) is 6.08. The molecule has 2 aromatic carbocycles. The summed E-state index contributed by atoms with van der Waals surface area (Å²) in [7, 11) is 0. The van der Waals surface area contributed by atoms with Gasteiger partial charge in [0.1, 0.15) is 5.82 Å². The number of nitrogens with one attached hydrogen (secondary N) is 1. The lowest BCUT2D eigenvalue weighted by Crippen LogP contribution is -2.18. The van der Waals surface area contributed by atoms with Crippen LogP contribution in [0.25, 0.3) is 11.4 Å². The Bertz CT molecular complexity index is 839. The molecule has 124 valence electrons. The molecule has 0 saturated heterocycles. The van der Waals surface area contributed by atoms with Gasteiger partial charge < -0.3 is 9.84 Å². The highest BCUT2D eigenvalue weighted by Crippen LogP contribution is 2.28. The molecule has 0 radical (unpaired) electrons. The Labute approximate surface area is 148 Å². The van der Waals surface area contributed by atoms with Gasteiger partial charge in [0.2, 0.25) is 11.7 Å². The van der Waals surface area contributed by atoms with E-state index in [1.54, 1.807) is 0 Å². The van der Waals surface area contributed by atoms with E-state index in [0.717, 1.165) is 5.56 Å². The summed E-state index contributed by atoms with van der Waals surface area (Å²) in [5, 5.41) is 7.53. The predicted octanol–water partition coefficient (Wildman–Crippen LogP) is 5.03. The highest BCUT2D eigenvalue weighted by Gasteiger charge is 2.15. The maximum absolute atomic E-state index is 13.6. The van der Waals surface area contributed by atoms with E-state index in [1.165, 1.54) is 12.1 Å². The highest BCUT2D eigenvalue weighted by atomic mass is 35.5. The normalized spacial score (nSPS) is 12.3. The van der Waals surface area contributed by atoms with Gasteiger partial charge in [-0.1, -0.05) is 58.7 Å². The molecule has 24 heavy (non-hydrogen) atoms. The van der Waals surface area contributed by atoms with Crippen LogP contribution >= 0.6 is 23.2 Å². The molecule has 0 unspecified atom stereocenters. The predicted molar refractivity (Wildman–Crippen MR) is 91.4 cm³/mol. The number of hydrogen-bond acceptors (Lipinski definition) is 4. The number of rotatable bonds is 5. The first-order chi connectivity index (χ1) is 11.5. The Kier molecular flexibility index (Phi) is 5.14. The lowest BCUT2D eigenvalue weighted by Gasteiger charge is -2.15. The van der Waals surface area contributed by atoms with Crippen molar-refractivity contribution in [2.24, 2.45) is 0 Å². The second kappa shape index (κ2) is 7.30. The monoisotopic (exact) mass is 365 g/mol. The van der Waals surface area contributed by atoms with E-state index in [2.05, 4.69) is 15.5 Å². The molecule has 0 aliphatic carbocycles. The Morgan fingerprint density at radius 1 is 1.17 bits per heavy atom. The van der Waals surface area contributed by atoms with Gasteiger partial charge in [-0.25, -0.2) is 4.39 Å². The van der Waals surface area contributed by atoms with Crippen molar-refractivity contribution in [1.29, 1.82) is 0 Å². The number of benzene rings is 2. The number of aromatic nitrogens is 2. The maximum atomic E-state index is 13.6. The average molecular weight is 366 g/mol. The quantitative estimate of drug-likeness (QED) is 0.644. The fourth-order valence-electron chi connectivity index (χ4n) is 2.25. The van der Waals surface area contributed by atoms with Gasteiger partial charge in [0.05, 0.1) is 11.6 Å². The van der Waals surface area contributed by atoms with Crippen LogP contribution in [-0.2, 0) is 6.54 Å². The second-order valence-electron chi connectivity index (χ2n) is 5.27. The molecule has 0 amide bonds. The third kappa shape index (κ3) is 3.75.